The summed E-state index contributed by atoms with van der Waals surface area (Å²) in [5, 5.41) is 14.1. The SMILES string of the molecule is CC(C)NC(=O)C(Cc1ccccc1)N(Cc1ccc(F)cc1)C(=O)CN(c1cccc([N+](=O)[O-])c1)S(C)(=O)=O. The van der Waals surface area contributed by atoms with E-state index in [1.54, 1.807) is 26.0 Å². The number of benzene rings is 3. The number of nitrogens with one attached hydrogen (secondary N) is 1. The third kappa shape index (κ3) is 8.34. The Hall–Kier alpha value is -4.32. The molecule has 1 unspecified atom stereocenters. The number of carbonyl (C=O) groups excluding carboxylic acids is 2. The van der Waals surface area contributed by atoms with Crippen LogP contribution in [-0.4, -0.2) is 54.9 Å². The van der Waals surface area contributed by atoms with Crippen molar-refractivity contribution < 1.29 is 27.3 Å². The second-order valence-corrected chi connectivity index (χ2v) is 11.5. The summed E-state index contributed by atoms with van der Waals surface area (Å²) in [5.74, 6) is -1.65. The van der Waals surface area contributed by atoms with Crippen LogP contribution in [0.2, 0.25) is 0 Å². The highest BCUT2D eigenvalue weighted by Gasteiger charge is 2.33. The quantitative estimate of drug-likeness (QED) is 0.261. The molecule has 3 rings (SSSR count). The van der Waals surface area contributed by atoms with Crippen molar-refractivity contribution >= 4 is 33.2 Å². The van der Waals surface area contributed by atoms with Crippen molar-refractivity contribution in [2.75, 3.05) is 17.1 Å². The standard InChI is InChI=1S/C28H31FN4O6S/c1-20(2)30-28(35)26(16-21-8-5-4-6-9-21)31(18-22-12-14-23(29)15-13-22)27(34)19-32(40(3,38)39)24-10-7-11-25(17-24)33(36)37/h4-15,17,20,26H,16,18-19H2,1-3H3,(H,30,35). The molecule has 40 heavy (non-hydrogen) atoms. The number of rotatable bonds is 12. The summed E-state index contributed by atoms with van der Waals surface area (Å²) in [4.78, 5) is 39.3. The average molecular weight is 571 g/mol. The lowest BCUT2D eigenvalue weighted by molar-refractivity contribution is -0.384. The maximum atomic E-state index is 13.9. The van der Waals surface area contributed by atoms with E-state index in [1.807, 2.05) is 18.2 Å². The average Bonchev–Trinajstić information content (AvgIpc) is 2.89. The smallest absolute Gasteiger partial charge is 0.271 e. The van der Waals surface area contributed by atoms with Gasteiger partial charge in [0.1, 0.15) is 18.4 Å². The molecule has 0 spiro atoms. The molecule has 3 aromatic carbocycles. The Morgan fingerprint density at radius 2 is 1.62 bits per heavy atom. The molecule has 2 amide bonds. The van der Waals surface area contributed by atoms with Crippen LogP contribution >= 0.6 is 0 Å². The van der Waals surface area contributed by atoms with Gasteiger partial charge in [-0.3, -0.25) is 24.0 Å². The van der Waals surface area contributed by atoms with Crippen LogP contribution in [0, 0.1) is 15.9 Å². The Bertz CT molecular complexity index is 1450. The summed E-state index contributed by atoms with van der Waals surface area (Å²) in [6, 6.07) is 18.1. The highest BCUT2D eigenvalue weighted by atomic mass is 32.2. The molecule has 1 N–H and O–H groups in total. The van der Waals surface area contributed by atoms with Gasteiger partial charge in [-0.05, 0) is 43.2 Å². The zero-order chi connectivity index (χ0) is 29.4. The first-order valence-corrected chi connectivity index (χ1v) is 14.3. The van der Waals surface area contributed by atoms with Crippen LogP contribution in [0.15, 0.2) is 78.9 Å². The van der Waals surface area contributed by atoms with Gasteiger partial charge in [-0.2, -0.15) is 0 Å². The van der Waals surface area contributed by atoms with E-state index >= 15 is 0 Å². The van der Waals surface area contributed by atoms with Crippen molar-refractivity contribution in [3.63, 3.8) is 0 Å². The Kier molecular flexibility index (Phi) is 9.94. The minimum Gasteiger partial charge on any atom is -0.352 e. The van der Waals surface area contributed by atoms with Crippen LogP contribution in [-0.2, 0) is 32.6 Å². The molecule has 0 bridgehead atoms. The molecule has 0 aliphatic carbocycles. The fraction of sp³-hybridized carbons (Fsp3) is 0.286. The molecule has 0 saturated carbocycles. The molecule has 3 aromatic rings. The summed E-state index contributed by atoms with van der Waals surface area (Å²) in [6.07, 6.45) is 1.01. The number of anilines is 1. The predicted octanol–water partition coefficient (Wildman–Crippen LogP) is 3.66. The van der Waals surface area contributed by atoms with Crippen molar-refractivity contribution in [2.24, 2.45) is 0 Å². The van der Waals surface area contributed by atoms with Gasteiger partial charge < -0.3 is 10.2 Å². The van der Waals surface area contributed by atoms with Crippen LogP contribution in [0.5, 0.6) is 0 Å². The molecule has 1 atom stereocenters. The fourth-order valence-corrected chi connectivity index (χ4v) is 4.94. The van der Waals surface area contributed by atoms with Gasteiger partial charge in [0, 0.05) is 31.1 Å². The van der Waals surface area contributed by atoms with E-state index in [4.69, 9.17) is 0 Å². The van der Waals surface area contributed by atoms with Crippen molar-refractivity contribution in [3.8, 4) is 0 Å². The number of nitro groups is 1. The van der Waals surface area contributed by atoms with Gasteiger partial charge in [0.2, 0.25) is 21.8 Å². The van der Waals surface area contributed by atoms with Crippen molar-refractivity contribution in [1.82, 2.24) is 10.2 Å². The highest BCUT2D eigenvalue weighted by molar-refractivity contribution is 7.92. The van der Waals surface area contributed by atoms with Crippen LogP contribution in [0.3, 0.4) is 0 Å². The molecule has 212 valence electrons. The van der Waals surface area contributed by atoms with E-state index in [1.165, 1.54) is 47.4 Å². The van der Waals surface area contributed by atoms with E-state index in [0.29, 0.717) is 5.56 Å². The number of halogens is 1. The molecule has 12 heteroatoms. The summed E-state index contributed by atoms with van der Waals surface area (Å²) >= 11 is 0. The first-order valence-electron chi connectivity index (χ1n) is 12.5. The summed E-state index contributed by atoms with van der Waals surface area (Å²) < 4.78 is 39.9. The van der Waals surface area contributed by atoms with Gasteiger partial charge in [-0.15, -0.1) is 0 Å². The summed E-state index contributed by atoms with van der Waals surface area (Å²) in [7, 11) is -4.08. The Morgan fingerprint density at radius 1 is 0.975 bits per heavy atom. The Labute approximate surface area is 232 Å². The normalized spacial score (nSPS) is 12.0. The zero-order valence-electron chi connectivity index (χ0n) is 22.4. The number of nitrogens with zero attached hydrogens (tertiary/aromatic N) is 3. The molecule has 0 radical (unpaired) electrons. The van der Waals surface area contributed by atoms with Crippen molar-refractivity contribution in [2.45, 2.75) is 38.9 Å². The molecule has 0 saturated heterocycles. The number of amides is 2. The second kappa shape index (κ2) is 13.2. The molecule has 10 nitrogen and oxygen atoms in total. The minimum atomic E-state index is -4.08. The summed E-state index contributed by atoms with van der Waals surface area (Å²) in [5.41, 5.74) is 0.867. The lowest BCUT2D eigenvalue weighted by Gasteiger charge is -2.34. The summed E-state index contributed by atoms with van der Waals surface area (Å²) in [6.45, 7) is 2.71. The molecule has 0 heterocycles. The predicted molar refractivity (Wildman–Crippen MR) is 149 cm³/mol. The maximum Gasteiger partial charge on any atom is 0.271 e. The Morgan fingerprint density at radius 3 is 2.20 bits per heavy atom. The molecule has 0 aromatic heterocycles. The molecule has 0 aliphatic rings. The third-order valence-electron chi connectivity index (χ3n) is 5.98. The van der Waals surface area contributed by atoms with Crippen LogP contribution in [0.1, 0.15) is 25.0 Å². The highest BCUT2D eigenvalue weighted by Crippen LogP contribution is 2.24. The van der Waals surface area contributed by atoms with Gasteiger partial charge in [0.25, 0.3) is 5.69 Å². The van der Waals surface area contributed by atoms with Crippen LogP contribution in [0.4, 0.5) is 15.8 Å². The number of carbonyl (C=O) groups is 2. The minimum absolute atomic E-state index is 0.0713. The van der Waals surface area contributed by atoms with Gasteiger partial charge >= 0.3 is 0 Å². The fourth-order valence-electron chi connectivity index (χ4n) is 4.10. The molecular formula is C28H31FN4O6S. The first-order chi connectivity index (χ1) is 18.8. The third-order valence-corrected chi connectivity index (χ3v) is 7.12. The van der Waals surface area contributed by atoms with E-state index in [-0.39, 0.29) is 30.4 Å². The van der Waals surface area contributed by atoms with Crippen LogP contribution < -0.4 is 9.62 Å². The van der Waals surface area contributed by atoms with Crippen LogP contribution in [0.25, 0.3) is 0 Å². The lowest BCUT2D eigenvalue weighted by atomic mass is 10.0. The topological polar surface area (TPSA) is 130 Å². The van der Waals surface area contributed by atoms with Gasteiger partial charge in [0.05, 0.1) is 16.9 Å². The number of non-ortho nitro benzene ring substituents is 1. The van der Waals surface area contributed by atoms with E-state index in [2.05, 4.69) is 5.32 Å². The Balaban J connectivity index is 2.07. The van der Waals surface area contributed by atoms with Gasteiger partial charge in [0.15, 0.2) is 0 Å². The van der Waals surface area contributed by atoms with Gasteiger partial charge in [-0.1, -0.05) is 48.5 Å². The lowest BCUT2D eigenvalue weighted by Crippen LogP contribution is -2.54. The maximum absolute atomic E-state index is 13.9. The molecule has 0 aliphatic heterocycles. The largest absolute Gasteiger partial charge is 0.352 e. The number of sulfonamides is 1. The monoisotopic (exact) mass is 570 g/mol. The number of hydrogen-bond donors (Lipinski definition) is 1. The number of hydrogen-bond acceptors (Lipinski definition) is 6. The van der Waals surface area contributed by atoms with E-state index in [0.717, 1.165) is 22.2 Å². The second-order valence-electron chi connectivity index (χ2n) is 9.56. The van der Waals surface area contributed by atoms with E-state index in [9.17, 15) is 32.5 Å². The van der Waals surface area contributed by atoms with Gasteiger partial charge in [-0.25, -0.2) is 12.8 Å². The molecule has 0 fully saturated rings. The van der Waals surface area contributed by atoms with E-state index < -0.39 is 45.2 Å². The number of nitro benzene ring substituents is 1. The van der Waals surface area contributed by atoms with Crippen molar-refractivity contribution in [1.29, 1.82) is 0 Å². The zero-order valence-corrected chi connectivity index (χ0v) is 23.2. The van der Waals surface area contributed by atoms with Crippen molar-refractivity contribution in [3.05, 3.63) is 106 Å². The molecular weight excluding hydrogens is 539 g/mol. The first kappa shape index (κ1) is 30.2.